The van der Waals surface area contributed by atoms with E-state index in [1.807, 2.05) is 0 Å². The Morgan fingerprint density at radius 3 is 2.24 bits per heavy atom. The highest BCUT2D eigenvalue weighted by Gasteiger charge is 2.35. The van der Waals surface area contributed by atoms with Crippen molar-refractivity contribution in [3.63, 3.8) is 0 Å². The summed E-state index contributed by atoms with van der Waals surface area (Å²) in [6.45, 7) is 1.76. The van der Waals surface area contributed by atoms with Crippen molar-refractivity contribution in [2.24, 2.45) is 0 Å². The zero-order chi connectivity index (χ0) is 19.1. The lowest BCUT2D eigenvalue weighted by molar-refractivity contribution is -0.122. The Kier molecular flexibility index (Phi) is 15.1. The van der Waals surface area contributed by atoms with Gasteiger partial charge in [-0.15, -0.1) is 0 Å². The summed E-state index contributed by atoms with van der Waals surface area (Å²) in [5.41, 5.74) is 0. The molecule has 0 saturated carbocycles. The fourth-order valence-corrected chi connectivity index (χ4v) is 3.28. The van der Waals surface area contributed by atoms with Crippen LogP contribution in [0, 0.1) is 0 Å². The summed E-state index contributed by atoms with van der Waals surface area (Å²) >= 11 is 0. The van der Waals surface area contributed by atoms with Gasteiger partial charge in [0.25, 0.3) is 6.47 Å². The maximum Gasteiger partial charge on any atom is 0.290 e. The normalized spacial score (nSPS) is 27.2. The van der Waals surface area contributed by atoms with E-state index in [2.05, 4.69) is 12.2 Å². The van der Waals surface area contributed by atoms with Crippen LogP contribution >= 0.6 is 0 Å². The van der Waals surface area contributed by atoms with Crippen LogP contribution in [0.25, 0.3) is 0 Å². The Morgan fingerprint density at radius 2 is 1.68 bits per heavy atom. The van der Waals surface area contributed by atoms with Gasteiger partial charge in [0.05, 0.1) is 31.0 Å². The molecule has 1 fully saturated rings. The number of piperidine rings is 1. The molecule has 0 aromatic heterocycles. The standard InChI is InChI=1S/C17H35NO4.CH2O2/c1-2-3-4-5-6-7-8-9-14(20)10-13-11-16(21)17(22)15(12-19)18-13;2-1-3/h13-22H,2-12H2,1H3;1H,(H,2,3)/t13-,14+,15+,16-,17-;/m1./s1. The molecule has 7 nitrogen and oxygen atoms in total. The third-order valence-electron chi connectivity index (χ3n) is 4.68. The van der Waals surface area contributed by atoms with Gasteiger partial charge in [-0.2, -0.15) is 0 Å². The number of nitrogens with one attached hydrogen (secondary N) is 1. The van der Waals surface area contributed by atoms with Crippen molar-refractivity contribution in [1.29, 1.82) is 0 Å². The molecule has 150 valence electrons. The molecule has 0 aromatic carbocycles. The minimum atomic E-state index is -0.929. The summed E-state index contributed by atoms with van der Waals surface area (Å²) in [4.78, 5) is 8.36. The molecule has 5 atom stereocenters. The average molecular weight is 363 g/mol. The zero-order valence-corrected chi connectivity index (χ0v) is 15.4. The Labute approximate surface area is 151 Å². The summed E-state index contributed by atoms with van der Waals surface area (Å²) in [7, 11) is 0. The third-order valence-corrected chi connectivity index (χ3v) is 4.68. The fourth-order valence-electron chi connectivity index (χ4n) is 3.28. The van der Waals surface area contributed by atoms with Gasteiger partial charge in [-0.1, -0.05) is 51.9 Å². The van der Waals surface area contributed by atoms with E-state index in [1.165, 1.54) is 38.5 Å². The predicted octanol–water partition coefficient (Wildman–Crippen LogP) is 1.02. The molecule has 0 amide bonds. The zero-order valence-electron chi connectivity index (χ0n) is 15.4. The molecule has 0 unspecified atom stereocenters. The van der Waals surface area contributed by atoms with E-state index in [0.717, 1.165) is 12.8 Å². The van der Waals surface area contributed by atoms with Crippen molar-refractivity contribution in [3.05, 3.63) is 0 Å². The molecule has 1 heterocycles. The maximum atomic E-state index is 10.1. The van der Waals surface area contributed by atoms with E-state index in [1.54, 1.807) is 0 Å². The lowest BCUT2D eigenvalue weighted by atomic mass is 9.89. The Bertz CT molecular complexity index is 318. The van der Waals surface area contributed by atoms with Crippen LogP contribution in [-0.2, 0) is 4.79 Å². The average Bonchev–Trinajstić information content (AvgIpc) is 2.58. The van der Waals surface area contributed by atoms with Crippen LogP contribution in [0.4, 0.5) is 0 Å². The van der Waals surface area contributed by atoms with E-state index in [-0.39, 0.29) is 25.2 Å². The summed E-state index contributed by atoms with van der Waals surface area (Å²) in [6, 6.07) is -0.547. The van der Waals surface area contributed by atoms with Crippen LogP contribution in [0.3, 0.4) is 0 Å². The van der Waals surface area contributed by atoms with Crippen LogP contribution in [0.1, 0.15) is 71.1 Å². The van der Waals surface area contributed by atoms with Crippen LogP contribution in [-0.4, -0.2) is 69.0 Å². The van der Waals surface area contributed by atoms with Crippen molar-refractivity contribution < 1.29 is 30.3 Å². The lowest BCUT2D eigenvalue weighted by Gasteiger charge is -2.38. The minimum absolute atomic E-state index is 0.0462. The van der Waals surface area contributed by atoms with Gasteiger partial charge >= 0.3 is 0 Å². The van der Waals surface area contributed by atoms with Gasteiger partial charge < -0.3 is 30.8 Å². The first-order valence-corrected chi connectivity index (χ1v) is 9.49. The number of aliphatic hydroxyl groups excluding tert-OH is 4. The summed E-state index contributed by atoms with van der Waals surface area (Å²) in [5, 5.41) is 48.8. The number of rotatable bonds is 11. The van der Waals surface area contributed by atoms with E-state index in [0.29, 0.717) is 12.8 Å². The smallest absolute Gasteiger partial charge is 0.290 e. The minimum Gasteiger partial charge on any atom is -0.483 e. The number of hydrogen-bond donors (Lipinski definition) is 6. The number of aliphatic hydroxyl groups is 4. The van der Waals surface area contributed by atoms with E-state index in [4.69, 9.17) is 9.90 Å². The largest absolute Gasteiger partial charge is 0.483 e. The molecule has 25 heavy (non-hydrogen) atoms. The molecule has 1 rings (SSSR count). The molecule has 0 spiro atoms. The number of carboxylic acid groups (broad SMARTS) is 1. The Morgan fingerprint density at radius 1 is 1.12 bits per heavy atom. The second-order valence-electron chi connectivity index (χ2n) is 6.85. The van der Waals surface area contributed by atoms with Gasteiger partial charge in [0.15, 0.2) is 0 Å². The first kappa shape index (κ1) is 24.3. The first-order valence-electron chi connectivity index (χ1n) is 9.49. The summed E-state index contributed by atoms with van der Waals surface area (Å²) in [6.07, 6.45) is 8.27. The van der Waals surface area contributed by atoms with Crippen LogP contribution in [0.5, 0.6) is 0 Å². The molecule has 0 aromatic rings. The molecule has 0 bridgehead atoms. The first-order chi connectivity index (χ1) is 12.0. The molecule has 6 N–H and O–H groups in total. The molecule has 0 aliphatic carbocycles. The second-order valence-corrected chi connectivity index (χ2v) is 6.85. The third kappa shape index (κ3) is 11.5. The maximum absolute atomic E-state index is 10.1. The number of unbranched alkanes of at least 4 members (excludes halogenated alkanes) is 6. The van der Waals surface area contributed by atoms with Crippen LogP contribution in [0.2, 0.25) is 0 Å². The van der Waals surface area contributed by atoms with Crippen molar-refractivity contribution in [2.75, 3.05) is 6.61 Å². The molecule has 1 aliphatic heterocycles. The lowest BCUT2D eigenvalue weighted by Crippen LogP contribution is -2.59. The van der Waals surface area contributed by atoms with Gasteiger partial charge in [-0.05, 0) is 19.3 Å². The van der Waals surface area contributed by atoms with Crippen LogP contribution < -0.4 is 5.32 Å². The molecule has 7 heteroatoms. The van der Waals surface area contributed by atoms with Crippen molar-refractivity contribution >= 4 is 6.47 Å². The van der Waals surface area contributed by atoms with Crippen molar-refractivity contribution in [3.8, 4) is 0 Å². The predicted molar refractivity (Wildman–Crippen MR) is 96.4 cm³/mol. The highest BCUT2D eigenvalue weighted by molar-refractivity contribution is 5.32. The molecular formula is C18H37NO6. The highest BCUT2D eigenvalue weighted by Crippen LogP contribution is 2.20. The number of hydrogen-bond acceptors (Lipinski definition) is 6. The van der Waals surface area contributed by atoms with Gasteiger partial charge in [-0.25, -0.2) is 0 Å². The Hall–Kier alpha value is -0.730. The fraction of sp³-hybridized carbons (Fsp3) is 0.944. The van der Waals surface area contributed by atoms with Gasteiger partial charge in [0, 0.05) is 6.04 Å². The topological polar surface area (TPSA) is 130 Å². The highest BCUT2D eigenvalue weighted by atomic mass is 16.3. The van der Waals surface area contributed by atoms with Crippen molar-refractivity contribution in [2.45, 2.75) is 102 Å². The monoisotopic (exact) mass is 363 g/mol. The van der Waals surface area contributed by atoms with Crippen molar-refractivity contribution in [1.82, 2.24) is 5.32 Å². The van der Waals surface area contributed by atoms with Gasteiger partial charge in [0.2, 0.25) is 0 Å². The molecule has 1 aliphatic rings. The second kappa shape index (κ2) is 15.5. The number of carbonyl (C=O) groups is 1. The van der Waals surface area contributed by atoms with Gasteiger partial charge in [-0.3, -0.25) is 4.79 Å². The molecule has 0 radical (unpaired) electrons. The molecular weight excluding hydrogens is 326 g/mol. The SMILES string of the molecule is CCCCCCCCC[C@H](O)C[C@@H]1C[C@@H](O)[C@H](O)[C@H](CO)N1.O=CO. The quantitative estimate of drug-likeness (QED) is 0.239. The van der Waals surface area contributed by atoms with E-state index < -0.39 is 18.2 Å². The van der Waals surface area contributed by atoms with E-state index >= 15 is 0 Å². The Balaban J connectivity index is 0.00000178. The van der Waals surface area contributed by atoms with Crippen LogP contribution in [0.15, 0.2) is 0 Å². The molecule has 1 saturated heterocycles. The van der Waals surface area contributed by atoms with E-state index in [9.17, 15) is 20.4 Å². The summed E-state index contributed by atoms with van der Waals surface area (Å²) in [5.74, 6) is 0. The summed E-state index contributed by atoms with van der Waals surface area (Å²) < 4.78 is 0. The van der Waals surface area contributed by atoms with Gasteiger partial charge in [0.1, 0.15) is 0 Å².